The van der Waals surface area contributed by atoms with Gasteiger partial charge in [0, 0.05) is 12.5 Å². The quantitative estimate of drug-likeness (QED) is 0.887. The topological polar surface area (TPSA) is 46.2 Å². The van der Waals surface area contributed by atoms with Crippen LogP contribution in [-0.2, 0) is 0 Å². The van der Waals surface area contributed by atoms with Crippen molar-refractivity contribution in [3.63, 3.8) is 0 Å². The van der Waals surface area contributed by atoms with Crippen LogP contribution in [0.1, 0.15) is 50.5 Å². The van der Waals surface area contributed by atoms with Crippen LogP contribution >= 0.6 is 11.6 Å². The van der Waals surface area contributed by atoms with E-state index in [-0.39, 0.29) is 17.0 Å². The molecule has 0 spiro atoms. The minimum Gasteiger partial charge on any atom is -0.392 e. The Balaban J connectivity index is 2.29. The van der Waals surface area contributed by atoms with Gasteiger partial charge in [0.15, 0.2) is 0 Å². The van der Waals surface area contributed by atoms with E-state index in [1.807, 2.05) is 0 Å². The molecule has 112 valence electrons. The molecule has 0 heterocycles. The molecule has 0 saturated heterocycles. The van der Waals surface area contributed by atoms with Crippen LogP contribution in [0, 0.1) is 11.2 Å². The van der Waals surface area contributed by atoms with Gasteiger partial charge in [0.25, 0.3) is 0 Å². The minimum atomic E-state index is -0.638. The molecule has 2 nitrogen and oxygen atoms in total. The van der Waals surface area contributed by atoms with Crippen molar-refractivity contribution < 1.29 is 9.50 Å². The van der Waals surface area contributed by atoms with Crippen molar-refractivity contribution >= 4 is 11.6 Å². The van der Waals surface area contributed by atoms with Crippen molar-refractivity contribution in [2.45, 2.75) is 51.0 Å². The first kappa shape index (κ1) is 15.7. The maximum Gasteiger partial charge on any atom is 0.145 e. The molecule has 2 atom stereocenters. The van der Waals surface area contributed by atoms with Crippen LogP contribution < -0.4 is 5.73 Å². The van der Waals surface area contributed by atoms with Crippen molar-refractivity contribution in [2.75, 3.05) is 6.54 Å². The van der Waals surface area contributed by atoms with E-state index < -0.39 is 17.8 Å². The highest BCUT2D eigenvalue weighted by Crippen LogP contribution is 2.44. The maximum absolute atomic E-state index is 14.2. The SMILES string of the molecule is CC1(C(O)C(CN)c2cccc(Cl)c2F)CCCCC1. The van der Waals surface area contributed by atoms with E-state index in [0.717, 1.165) is 25.7 Å². The van der Waals surface area contributed by atoms with Gasteiger partial charge < -0.3 is 10.8 Å². The van der Waals surface area contributed by atoms with E-state index in [4.69, 9.17) is 17.3 Å². The second-order valence-corrected chi connectivity index (χ2v) is 6.55. The zero-order valence-corrected chi connectivity index (χ0v) is 12.7. The third kappa shape index (κ3) is 3.00. The first-order valence-corrected chi connectivity index (χ1v) is 7.69. The largest absolute Gasteiger partial charge is 0.392 e. The highest BCUT2D eigenvalue weighted by Gasteiger charge is 2.39. The summed E-state index contributed by atoms with van der Waals surface area (Å²) in [4.78, 5) is 0. The molecule has 2 rings (SSSR count). The predicted octanol–water partition coefficient (Wildman–Crippen LogP) is 3.85. The Morgan fingerprint density at radius 2 is 2.00 bits per heavy atom. The molecule has 0 aliphatic heterocycles. The van der Waals surface area contributed by atoms with E-state index in [0.29, 0.717) is 5.56 Å². The molecule has 4 heteroatoms. The van der Waals surface area contributed by atoms with Gasteiger partial charge in [0.2, 0.25) is 0 Å². The lowest BCUT2D eigenvalue weighted by Crippen LogP contribution is -2.41. The molecule has 20 heavy (non-hydrogen) atoms. The smallest absolute Gasteiger partial charge is 0.145 e. The molecule has 3 N–H and O–H groups in total. The lowest BCUT2D eigenvalue weighted by atomic mass is 9.67. The average molecular weight is 300 g/mol. The molecule has 1 aromatic rings. The zero-order valence-electron chi connectivity index (χ0n) is 11.9. The van der Waals surface area contributed by atoms with Crippen molar-refractivity contribution in [3.05, 3.63) is 34.6 Å². The van der Waals surface area contributed by atoms with E-state index >= 15 is 0 Å². The lowest BCUT2D eigenvalue weighted by molar-refractivity contribution is -0.00815. The minimum absolute atomic E-state index is 0.0851. The number of aliphatic hydroxyl groups excluding tert-OH is 1. The second kappa shape index (κ2) is 6.42. The van der Waals surface area contributed by atoms with E-state index in [9.17, 15) is 9.50 Å². The summed E-state index contributed by atoms with van der Waals surface area (Å²) in [5, 5.41) is 10.9. The number of hydrogen-bond donors (Lipinski definition) is 2. The van der Waals surface area contributed by atoms with Gasteiger partial charge in [-0.2, -0.15) is 0 Å². The number of benzene rings is 1. The predicted molar refractivity (Wildman–Crippen MR) is 80.4 cm³/mol. The van der Waals surface area contributed by atoms with E-state index in [1.165, 1.54) is 12.5 Å². The number of halogens is 2. The van der Waals surface area contributed by atoms with Crippen LogP contribution in [0.15, 0.2) is 18.2 Å². The molecule has 1 aliphatic rings. The standard InChI is InChI=1S/C16H23ClFNO/c1-16(8-3-2-4-9-16)15(20)12(10-19)11-6-5-7-13(17)14(11)18/h5-7,12,15,20H,2-4,8-10,19H2,1H3. The molecule has 0 radical (unpaired) electrons. The third-order valence-corrected chi connectivity index (χ3v) is 5.02. The second-order valence-electron chi connectivity index (χ2n) is 6.14. The summed E-state index contributed by atoms with van der Waals surface area (Å²) in [5.41, 5.74) is 6.07. The van der Waals surface area contributed by atoms with Crippen LogP contribution in [0.5, 0.6) is 0 Å². The molecule has 1 aromatic carbocycles. The molecular formula is C16H23ClFNO. The van der Waals surface area contributed by atoms with Gasteiger partial charge in [-0.25, -0.2) is 4.39 Å². The van der Waals surface area contributed by atoms with Crippen LogP contribution in [0.3, 0.4) is 0 Å². The summed E-state index contributed by atoms with van der Waals surface area (Å²) in [6.07, 6.45) is 4.73. The average Bonchev–Trinajstić information content (AvgIpc) is 2.45. The number of hydrogen-bond acceptors (Lipinski definition) is 2. The Labute approximate surface area is 125 Å². The molecular weight excluding hydrogens is 277 g/mol. The number of nitrogens with two attached hydrogens (primary N) is 1. The van der Waals surface area contributed by atoms with Crippen LogP contribution in [0.2, 0.25) is 5.02 Å². The van der Waals surface area contributed by atoms with Crippen LogP contribution in [0.4, 0.5) is 4.39 Å². The normalized spacial score (nSPS) is 21.4. The highest BCUT2D eigenvalue weighted by atomic mass is 35.5. The molecule has 1 saturated carbocycles. The zero-order chi connectivity index (χ0) is 14.8. The van der Waals surface area contributed by atoms with Crippen molar-refractivity contribution in [2.24, 2.45) is 11.1 Å². The van der Waals surface area contributed by atoms with Gasteiger partial charge >= 0.3 is 0 Å². The summed E-state index contributed by atoms with van der Waals surface area (Å²) in [6.45, 7) is 2.30. The number of aliphatic hydroxyl groups is 1. The van der Waals surface area contributed by atoms with Gasteiger partial charge in [0.05, 0.1) is 11.1 Å². The molecule has 1 fully saturated rings. The fraction of sp³-hybridized carbons (Fsp3) is 0.625. The maximum atomic E-state index is 14.2. The molecule has 1 aliphatic carbocycles. The van der Waals surface area contributed by atoms with Gasteiger partial charge in [-0.15, -0.1) is 0 Å². The van der Waals surface area contributed by atoms with Gasteiger partial charge in [-0.3, -0.25) is 0 Å². The Hall–Kier alpha value is -0.640. The summed E-state index contributed by atoms with van der Waals surface area (Å²) in [7, 11) is 0. The van der Waals surface area contributed by atoms with Crippen molar-refractivity contribution in [1.82, 2.24) is 0 Å². The fourth-order valence-corrected chi connectivity index (χ4v) is 3.56. The summed E-state index contributed by atoms with van der Waals surface area (Å²) >= 11 is 5.84. The Morgan fingerprint density at radius 3 is 2.60 bits per heavy atom. The monoisotopic (exact) mass is 299 g/mol. The lowest BCUT2D eigenvalue weighted by Gasteiger charge is -2.41. The molecule has 0 aromatic heterocycles. The summed E-state index contributed by atoms with van der Waals surface area (Å²) < 4.78 is 14.2. The third-order valence-electron chi connectivity index (χ3n) is 4.73. The van der Waals surface area contributed by atoms with Gasteiger partial charge in [0.1, 0.15) is 5.82 Å². The number of rotatable bonds is 4. The Kier molecular flexibility index (Phi) is 5.05. The first-order chi connectivity index (χ1) is 9.49. The van der Waals surface area contributed by atoms with Crippen molar-refractivity contribution in [1.29, 1.82) is 0 Å². The fourth-order valence-electron chi connectivity index (χ4n) is 3.37. The summed E-state index contributed by atoms with van der Waals surface area (Å²) in [6, 6.07) is 4.90. The Morgan fingerprint density at radius 1 is 1.35 bits per heavy atom. The van der Waals surface area contributed by atoms with Gasteiger partial charge in [-0.1, -0.05) is 49.9 Å². The van der Waals surface area contributed by atoms with Gasteiger partial charge in [-0.05, 0) is 29.9 Å². The first-order valence-electron chi connectivity index (χ1n) is 7.31. The molecule has 0 amide bonds. The highest BCUT2D eigenvalue weighted by molar-refractivity contribution is 6.30. The van der Waals surface area contributed by atoms with E-state index in [2.05, 4.69) is 6.92 Å². The summed E-state index contributed by atoms with van der Waals surface area (Å²) in [5.74, 6) is -0.861. The molecule has 0 bridgehead atoms. The van der Waals surface area contributed by atoms with Crippen LogP contribution in [-0.4, -0.2) is 17.8 Å². The van der Waals surface area contributed by atoms with Crippen LogP contribution in [0.25, 0.3) is 0 Å². The van der Waals surface area contributed by atoms with E-state index in [1.54, 1.807) is 12.1 Å². The Bertz CT molecular complexity index is 460. The molecule has 2 unspecified atom stereocenters. The van der Waals surface area contributed by atoms with Crippen molar-refractivity contribution in [3.8, 4) is 0 Å².